The third-order valence-electron chi connectivity index (χ3n) is 4.16. The summed E-state index contributed by atoms with van der Waals surface area (Å²) in [5, 5.41) is 7.52. The zero-order valence-electron chi connectivity index (χ0n) is 14.3. The molecule has 4 aromatic rings. The molecule has 0 saturated heterocycles. The van der Waals surface area contributed by atoms with Crippen LogP contribution in [0.25, 0.3) is 10.8 Å². The van der Waals surface area contributed by atoms with E-state index in [9.17, 15) is 9.59 Å². The van der Waals surface area contributed by atoms with Gasteiger partial charge in [-0.05, 0) is 47.2 Å². The number of hydrogen-bond acceptors (Lipinski definition) is 3. The third kappa shape index (κ3) is 3.57. The molecule has 0 saturated carbocycles. The summed E-state index contributed by atoms with van der Waals surface area (Å²) < 4.78 is 5.08. The number of nitrogens with one attached hydrogen (secondary N) is 2. The molecule has 0 atom stereocenters. The first kappa shape index (κ1) is 16.6. The molecule has 0 radical (unpaired) electrons. The zero-order valence-corrected chi connectivity index (χ0v) is 14.3. The number of carbonyl (C=O) groups is 2. The molecule has 132 valence electrons. The second-order valence-electron chi connectivity index (χ2n) is 5.99. The van der Waals surface area contributed by atoms with Crippen LogP contribution in [-0.4, -0.2) is 11.8 Å². The average molecular weight is 356 g/mol. The van der Waals surface area contributed by atoms with E-state index < -0.39 is 0 Å². The largest absolute Gasteiger partial charge is 0.459 e. The van der Waals surface area contributed by atoms with E-state index in [-0.39, 0.29) is 17.6 Å². The fourth-order valence-corrected chi connectivity index (χ4v) is 2.90. The average Bonchev–Trinajstić information content (AvgIpc) is 3.23. The van der Waals surface area contributed by atoms with Crippen LogP contribution in [0.3, 0.4) is 0 Å². The van der Waals surface area contributed by atoms with Gasteiger partial charge in [0.2, 0.25) is 0 Å². The number of furan rings is 1. The Kier molecular flexibility index (Phi) is 4.41. The Balaban J connectivity index is 1.54. The quantitative estimate of drug-likeness (QED) is 0.544. The Labute approximate surface area is 155 Å². The Morgan fingerprint density at radius 2 is 1.41 bits per heavy atom. The Bertz CT molecular complexity index is 1110. The van der Waals surface area contributed by atoms with Crippen LogP contribution in [0.2, 0.25) is 0 Å². The van der Waals surface area contributed by atoms with Gasteiger partial charge < -0.3 is 15.1 Å². The molecule has 4 rings (SSSR count). The number of carbonyl (C=O) groups excluding carboxylic acids is 2. The molecule has 0 aliphatic heterocycles. The summed E-state index contributed by atoms with van der Waals surface area (Å²) in [4.78, 5) is 24.8. The molecule has 3 aromatic carbocycles. The molecule has 5 nitrogen and oxygen atoms in total. The van der Waals surface area contributed by atoms with Gasteiger partial charge in [-0.3, -0.25) is 9.59 Å². The van der Waals surface area contributed by atoms with E-state index in [1.807, 2.05) is 36.4 Å². The molecule has 27 heavy (non-hydrogen) atoms. The van der Waals surface area contributed by atoms with Crippen LogP contribution in [0.4, 0.5) is 11.4 Å². The van der Waals surface area contributed by atoms with Crippen molar-refractivity contribution >= 4 is 34.0 Å². The SMILES string of the molecule is O=C(Nc1cccc(NC(=O)c2cccc3ccccc23)c1)c1ccco1. The fourth-order valence-electron chi connectivity index (χ4n) is 2.90. The van der Waals surface area contributed by atoms with Crippen molar-refractivity contribution in [1.29, 1.82) is 0 Å². The monoisotopic (exact) mass is 356 g/mol. The van der Waals surface area contributed by atoms with E-state index in [1.54, 1.807) is 42.5 Å². The van der Waals surface area contributed by atoms with Gasteiger partial charge in [0.15, 0.2) is 5.76 Å². The molecule has 5 heteroatoms. The molecule has 1 heterocycles. The van der Waals surface area contributed by atoms with Crippen molar-refractivity contribution in [3.05, 3.63) is 96.4 Å². The second-order valence-corrected chi connectivity index (χ2v) is 5.99. The molecule has 0 aliphatic rings. The first-order valence-electron chi connectivity index (χ1n) is 8.45. The lowest BCUT2D eigenvalue weighted by Crippen LogP contribution is -2.14. The van der Waals surface area contributed by atoms with Gasteiger partial charge in [-0.25, -0.2) is 0 Å². The zero-order chi connectivity index (χ0) is 18.6. The van der Waals surface area contributed by atoms with E-state index in [0.717, 1.165) is 10.8 Å². The van der Waals surface area contributed by atoms with E-state index in [4.69, 9.17) is 4.42 Å². The Hall–Kier alpha value is -3.86. The standard InChI is InChI=1S/C22H16N2O3/c25-21(19-11-3-7-15-6-1-2-10-18(15)19)23-16-8-4-9-17(14-16)24-22(26)20-12-5-13-27-20/h1-14H,(H,23,25)(H,24,26). The van der Waals surface area contributed by atoms with Crippen molar-refractivity contribution in [3.8, 4) is 0 Å². The highest BCUT2D eigenvalue weighted by molar-refractivity contribution is 6.13. The molecule has 2 N–H and O–H groups in total. The summed E-state index contributed by atoms with van der Waals surface area (Å²) in [6, 6.07) is 23.6. The van der Waals surface area contributed by atoms with E-state index in [0.29, 0.717) is 16.9 Å². The normalized spacial score (nSPS) is 10.5. The smallest absolute Gasteiger partial charge is 0.291 e. The van der Waals surface area contributed by atoms with Crippen molar-refractivity contribution < 1.29 is 14.0 Å². The minimum Gasteiger partial charge on any atom is -0.459 e. The summed E-state index contributed by atoms with van der Waals surface area (Å²) in [6.45, 7) is 0. The van der Waals surface area contributed by atoms with Gasteiger partial charge in [0.05, 0.1) is 6.26 Å². The van der Waals surface area contributed by atoms with Gasteiger partial charge in [-0.2, -0.15) is 0 Å². The van der Waals surface area contributed by atoms with E-state index in [2.05, 4.69) is 10.6 Å². The first-order chi connectivity index (χ1) is 13.2. The third-order valence-corrected chi connectivity index (χ3v) is 4.16. The van der Waals surface area contributed by atoms with Crippen LogP contribution >= 0.6 is 0 Å². The molecule has 2 amide bonds. The summed E-state index contributed by atoms with van der Waals surface area (Å²) in [5.41, 5.74) is 1.75. The van der Waals surface area contributed by atoms with Crippen LogP contribution in [-0.2, 0) is 0 Å². The summed E-state index contributed by atoms with van der Waals surface area (Å²) in [6.07, 6.45) is 1.44. The highest BCUT2D eigenvalue weighted by atomic mass is 16.3. The maximum Gasteiger partial charge on any atom is 0.291 e. The maximum atomic E-state index is 12.7. The van der Waals surface area contributed by atoms with Gasteiger partial charge in [0, 0.05) is 16.9 Å². The molecule has 0 unspecified atom stereocenters. The number of fused-ring (bicyclic) bond motifs is 1. The predicted molar refractivity (Wildman–Crippen MR) is 105 cm³/mol. The van der Waals surface area contributed by atoms with Crippen LogP contribution in [0, 0.1) is 0 Å². The van der Waals surface area contributed by atoms with Crippen molar-refractivity contribution in [1.82, 2.24) is 0 Å². The molecule has 1 aromatic heterocycles. The van der Waals surface area contributed by atoms with Crippen molar-refractivity contribution in [2.45, 2.75) is 0 Å². The molecular formula is C22H16N2O3. The number of hydrogen-bond donors (Lipinski definition) is 2. The minimum atomic E-state index is -0.350. The number of amides is 2. The molecular weight excluding hydrogens is 340 g/mol. The van der Waals surface area contributed by atoms with Crippen LogP contribution in [0.15, 0.2) is 89.5 Å². The molecule has 0 bridgehead atoms. The van der Waals surface area contributed by atoms with Crippen LogP contribution < -0.4 is 10.6 Å². The minimum absolute atomic E-state index is 0.207. The first-order valence-corrected chi connectivity index (χ1v) is 8.45. The topological polar surface area (TPSA) is 71.3 Å². The number of anilines is 2. The number of benzene rings is 3. The van der Waals surface area contributed by atoms with E-state index >= 15 is 0 Å². The lowest BCUT2D eigenvalue weighted by Gasteiger charge is -2.10. The van der Waals surface area contributed by atoms with Gasteiger partial charge in [0.25, 0.3) is 11.8 Å². The lowest BCUT2D eigenvalue weighted by atomic mass is 10.0. The Morgan fingerprint density at radius 3 is 2.19 bits per heavy atom. The van der Waals surface area contributed by atoms with Gasteiger partial charge in [0.1, 0.15) is 0 Å². The summed E-state index contributed by atoms with van der Waals surface area (Å²) in [5.74, 6) is -0.334. The van der Waals surface area contributed by atoms with Crippen molar-refractivity contribution in [2.75, 3.05) is 10.6 Å². The Morgan fingerprint density at radius 1 is 0.704 bits per heavy atom. The van der Waals surface area contributed by atoms with Crippen LogP contribution in [0.5, 0.6) is 0 Å². The second kappa shape index (κ2) is 7.17. The van der Waals surface area contributed by atoms with Crippen molar-refractivity contribution in [3.63, 3.8) is 0 Å². The summed E-state index contributed by atoms with van der Waals surface area (Å²) in [7, 11) is 0. The van der Waals surface area contributed by atoms with Gasteiger partial charge in [-0.15, -0.1) is 0 Å². The van der Waals surface area contributed by atoms with Crippen molar-refractivity contribution in [2.24, 2.45) is 0 Å². The highest BCUT2D eigenvalue weighted by Gasteiger charge is 2.12. The molecule has 0 fully saturated rings. The van der Waals surface area contributed by atoms with Gasteiger partial charge >= 0.3 is 0 Å². The lowest BCUT2D eigenvalue weighted by molar-refractivity contribution is 0.0995. The molecule has 0 spiro atoms. The maximum absolute atomic E-state index is 12.7. The highest BCUT2D eigenvalue weighted by Crippen LogP contribution is 2.21. The summed E-state index contributed by atoms with van der Waals surface area (Å²) >= 11 is 0. The van der Waals surface area contributed by atoms with Gasteiger partial charge in [-0.1, -0.05) is 42.5 Å². The number of rotatable bonds is 4. The fraction of sp³-hybridized carbons (Fsp3) is 0. The predicted octanol–water partition coefficient (Wildman–Crippen LogP) is 4.94. The van der Waals surface area contributed by atoms with E-state index in [1.165, 1.54) is 6.26 Å². The van der Waals surface area contributed by atoms with Crippen LogP contribution in [0.1, 0.15) is 20.9 Å². The molecule has 0 aliphatic carbocycles.